The number of halogens is 2. The van der Waals surface area contributed by atoms with E-state index in [-0.39, 0.29) is 0 Å². The van der Waals surface area contributed by atoms with Crippen molar-refractivity contribution in [1.29, 1.82) is 0 Å². The second kappa shape index (κ2) is 4.54. The zero-order valence-electron chi connectivity index (χ0n) is 8.63. The summed E-state index contributed by atoms with van der Waals surface area (Å²) in [7, 11) is 0. The maximum Gasteiger partial charge on any atom is 0.228 e. The lowest BCUT2D eigenvalue weighted by atomic mass is 10.3. The average molecular weight is 246 g/mol. The van der Waals surface area contributed by atoms with Gasteiger partial charge in [-0.25, -0.2) is 9.97 Å². The highest BCUT2D eigenvalue weighted by molar-refractivity contribution is 6.34. The molecule has 1 aliphatic heterocycles. The SMILES string of the molecule is CCc1c(Cl)nc(N2CCCC2)nc1Cl. The Morgan fingerprint density at radius 2 is 1.67 bits per heavy atom. The Morgan fingerprint density at radius 3 is 2.13 bits per heavy atom. The molecule has 82 valence electrons. The molecule has 2 heterocycles. The van der Waals surface area contributed by atoms with Gasteiger partial charge in [0.2, 0.25) is 5.95 Å². The largest absolute Gasteiger partial charge is 0.341 e. The van der Waals surface area contributed by atoms with Crippen LogP contribution in [0.2, 0.25) is 10.3 Å². The van der Waals surface area contributed by atoms with Gasteiger partial charge in [0.1, 0.15) is 10.3 Å². The Balaban J connectivity index is 2.33. The minimum Gasteiger partial charge on any atom is -0.341 e. The molecule has 0 aromatic carbocycles. The molecule has 2 rings (SSSR count). The van der Waals surface area contributed by atoms with E-state index in [1.807, 2.05) is 6.92 Å². The first-order chi connectivity index (χ1) is 7.22. The summed E-state index contributed by atoms with van der Waals surface area (Å²) in [5.74, 6) is 0.666. The topological polar surface area (TPSA) is 29.0 Å². The molecule has 1 saturated heterocycles. The lowest BCUT2D eigenvalue weighted by Gasteiger charge is -2.16. The summed E-state index contributed by atoms with van der Waals surface area (Å²) in [6.45, 7) is 3.99. The van der Waals surface area contributed by atoms with Crippen LogP contribution in [0.3, 0.4) is 0 Å². The Labute approximate surface area is 99.4 Å². The van der Waals surface area contributed by atoms with Crippen LogP contribution in [0.15, 0.2) is 0 Å². The lowest BCUT2D eigenvalue weighted by Crippen LogP contribution is -2.20. The molecular formula is C10H13Cl2N3. The highest BCUT2D eigenvalue weighted by atomic mass is 35.5. The number of hydrogen-bond acceptors (Lipinski definition) is 3. The predicted molar refractivity (Wildman–Crippen MR) is 62.9 cm³/mol. The van der Waals surface area contributed by atoms with E-state index >= 15 is 0 Å². The second-order valence-corrected chi connectivity index (χ2v) is 4.35. The van der Waals surface area contributed by atoms with Crippen molar-refractivity contribution >= 4 is 29.2 Å². The zero-order chi connectivity index (χ0) is 10.8. The molecule has 15 heavy (non-hydrogen) atoms. The summed E-state index contributed by atoms with van der Waals surface area (Å²) in [4.78, 5) is 10.7. The fraction of sp³-hybridized carbons (Fsp3) is 0.600. The van der Waals surface area contributed by atoms with Crippen LogP contribution in [-0.4, -0.2) is 23.1 Å². The number of rotatable bonds is 2. The van der Waals surface area contributed by atoms with Gasteiger partial charge in [-0.3, -0.25) is 0 Å². The maximum atomic E-state index is 6.05. The summed E-state index contributed by atoms with van der Waals surface area (Å²) in [5, 5.41) is 0.971. The van der Waals surface area contributed by atoms with Crippen molar-refractivity contribution in [2.75, 3.05) is 18.0 Å². The molecule has 0 unspecified atom stereocenters. The molecule has 0 atom stereocenters. The Bertz CT molecular complexity index is 339. The van der Waals surface area contributed by atoms with Crippen LogP contribution < -0.4 is 4.90 Å². The number of anilines is 1. The fourth-order valence-corrected chi connectivity index (χ4v) is 2.42. The zero-order valence-corrected chi connectivity index (χ0v) is 10.1. The van der Waals surface area contributed by atoms with Crippen LogP contribution in [0.5, 0.6) is 0 Å². The van der Waals surface area contributed by atoms with Gasteiger partial charge in [-0.05, 0) is 19.3 Å². The van der Waals surface area contributed by atoms with Crippen molar-refractivity contribution in [1.82, 2.24) is 9.97 Å². The minimum absolute atomic E-state index is 0.486. The number of hydrogen-bond donors (Lipinski definition) is 0. The van der Waals surface area contributed by atoms with Gasteiger partial charge in [-0.2, -0.15) is 0 Å². The van der Waals surface area contributed by atoms with E-state index in [0.717, 1.165) is 25.1 Å². The van der Waals surface area contributed by atoms with Crippen molar-refractivity contribution in [2.24, 2.45) is 0 Å². The Morgan fingerprint density at radius 1 is 1.13 bits per heavy atom. The molecule has 0 radical (unpaired) electrons. The predicted octanol–water partition coefficient (Wildman–Crippen LogP) is 2.95. The molecule has 1 aromatic rings. The van der Waals surface area contributed by atoms with Gasteiger partial charge < -0.3 is 4.90 Å². The first-order valence-electron chi connectivity index (χ1n) is 5.19. The quantitative estimate of drug-likeness (QED) is 0.751. The van der Waals surface area contributed by atoms with Gasteiger partial charge in [0.25, 0.3) is 0 Å². The van der Waals surface area contributed by atoms with Gasteiger partial charge >= 0.3 is 0 Å². The van der Waals surface area contributed by atoms with Crippen molar-refractivity contribution in [3.63, 3.8) is 0 Å². The van der Waals surface area contributed by atoms with Gasteiger partial charge in [0, 0.05) is 18.7 Å². The van der Waals surface area contributed by atoms with E-state index in [1.165, 1.54) is 12.8 Å². The molecule has 5 heteroatoms. The van der Waals surface area contributed by atoms with E-state index in [1.54, 1.807) is 0 Å². The van der Waals surface area contributed by atoms with E-state index < -0.39 is 0 Å². The number of aromatic nitrogens is 2. The molecule has 1 aromatic heterocycles. The van der Waals surface area contributed by atoms with Crippen LogP contribution in [0.25, 0.3) is 0 Å². The maximum absolute atomic E-state index is 6.05. The summed E-state index contributed by atoms with van der Waals surface area (Å²) in [5.41, 5.74) is 0.835. The van der Waals surface area contributed by atoms with Gasteiger partial charge in [-0.1, -0.05) is 30.1 Å². The van der Waals surface area contributed by atoms with E-state index in [2.05, 4.69) is 14.9 Å². The normalized spacial score (nSPS) is 16.1. The van der Waals surface area contributed by atoms with Gasteiger partial charge in [-0.15, -0.1) is 0 Å². The third-order valence-electron chi connectivity index (χ3n) is 2.64. The highest BCUT2D eigenvalue weighted by Crippen LogP contribution is 2.26. The van der Waals surface area contributed by atoms with Crippen LogP contribution >= 0.6 is 23.2 Å². The van der Waals surface area contributed by atoms with E-state index in [0.29, 0.717) is 16.3 Å². The Hall–Kier alpha value is -0.540. The second-order valence-electron chi connectivity index (χ2n) is 3.63. The molecule has 0 amide bonds. The van der Waals surface area contributed by atoms with Gasteiger partial charge in [0.05, 0.1) is 0 Å². The Kier molecular flexibility index (Phi) is 3.32. The third kappa shape index (κ3) is 2.18. The monoisotopic (exact) mass is 245 g/mol. The molecule has 0 aliphatic carbocycles. The highest BCUT2D eigenvalue weighted by Gasteiger charge is 2.18. The molecule has 0 spiro atoms. The molecule has 0 bridgehead atoms. The van der Waals surface area contributed by atoms with Crippen molar-refractivity contribution < 1.29 is 0 Å². The van der Waals surface area contributed by atoms with E-state index in [9.17, 15) is 0 Å². The molecule has 1 aliphatic rings. The fourth-order valence-electron chi connectivity index (χ4n) is 1.77. The molecule has 0 N–H and O–H groups in total. The third-order valence-corrected chi connectivity index (χ3v) is 3.26. The van der Waals surface area contributed by atoms with Crippen LogP contribution in [0.1, 0.15) is 25.3 Å². The summed E-state index contributed by atoms with van der Waals surface area (Å²) in [6, 6.07) is 0. The molecule has 1 fully saturated rings. The number of nitrogens with zero attached hydrogens (tertiary/aromatic N) is 3. The average Bonchev–Trinajstić information content (AvgIpc) is 2.69. The summed E-state index contributed by atoms with van der Waals surface area (Å²) < 4.78 is 0. The lowest BCUT2D eigenvalue weighted by molar-refractivity contribution is 0.888. The smallest absolute Gasteiger partial charge is 0.228 e. The summed E-state index contributed by atoms with van der Waals surface area (Å²) >= 11 is 12.1. The van der Waals surface area contributed by atoms with Crippen molar-refractivity contribution in [2.45, 2.75) is 26.2 Å². The first-order valence-corrected chi connectivity index (χ1v) is 5.95. The minimum atomic E-state index is 0.486. The van der Waals surface area contributed by atoms with Crippen molar-refractivity contribution in [3.05, 3.63) is 15.9 Å². The van der Waals surface area contributed by atoms with Crippen molar-refractivity contribution in [3.8, 4) is 0 Å². The van der Waals surface area contributed by atoms with Crippen LogP contribution in [0.4, 0.5) is 5.95 Å². The summed E-state index contributed by atoms with van der Waals surface area (Å²) in [6.07, 6.45) is 3.14. The van der Waals surface area contributed by atoms with Gasteiger partial charge in [0.15, 0.2) is 0 Å². The molecule has 3 nitrogen and oxygen atoms in total. The van der Waals surface area contributed by atoms with E-state index in [4.69, 9.17) is 23.2 Å². The standard InChI is InChI=1S/C10H13Cl2N3/c1-2-7-8(11)13-10(14-9(7)12)15-5-3-4-6-15/h2-6H2,1H3. The molecule has 0 saturated carbocycles. The van der Waals surface area contributed by atoms with Crippen LogP contribution in [0, 0.1) is 0 Å². The van der Waals surface area contributed by atoms with Crippen LogP contribution in [-0.2, 0) is 6.42 Å². The molecular weight excluding hydrogens is 233 g/mol. The first kappa shape index (κ1) is 11.0.